The second kappa shape index (κ2) is 9.66. The summed E-state index contributed by atoms with van der Waals surface area (Å²) in [5, 5.41) is 1.90. The van der Waals surface area contributed by atoms with Crippen LogP contribution in [0.2, 0.25) is 0 Å². The van der Waals surface area contributed by atoms with Crippen molar-refractivity contribution in [2.45, 2.75) is 36.7 Å². The van der Waals surface area contributed by atoms with Crippen LogP contribution in [0.4, 0.5) is 0 Å². The molecule has 1 aromatic carbocycles. The maximum atomic E-state index is 12.7. The molecule has 1 aromatic heterocycles. The Balaban J connectivity index is 0.00000261. The van der Waals surface area contributed by atoms with Gasteiger partial charge in [0.2, 0.25) is 10.0 Å². The van der Waals surface area contributed by atoms with E-state index in [1.807, 2.05) is 22.4 Å². The van der Waals surface area contributed by atoms with Crippen LogP contribution < -0.4 is 10.5 Å². The molecule has 1 amide bonds. The minimum Gasteiger partial charge on any atom is -0.334 e. The smallest absolute Gasteiger partial charge is 0.254 e. The summed E-state index contributed by atoms with van der Waals surface area (Å²) < 4.78 is 27.4. The molecule has 1 aliphatic heterocycles. The fourth-order valence-electron chi connectivity index (χ4n) is 3.12. The van der Waals surface area contributed by atoms with E-state index < -0.39 is 10.0 Å². The van der Waals surface area contributed by atoms with E-state index in [4.69, 9.17) is 5.73 Å². The predicted molar refractivity (Wildman–Crippen MR) is 110 cm³/mol. The van der Waals surface area contributed by atoms with Gasteiger partial charge in [0, 0.05) is 36.1 Å². The molecule has 1 saturated heterocycles. The number of nitrogens with zero attached hydrogens (tertiary/aromatic N) is 1. The SMILES string of the molecule is Cl.NCC1CCCCN1C(=O)c1ccc(S(=O)(=O)NCc2cccs2)cc1. The van der Waals surface area contributed by atoms with Crippen molar-refractivity contribution in [1.82, 2.24) is 9.62 Å². The summed E-state index contributed by atoms with van der Waals surface area (Å²) in [4.78, 5) is 15.6. The lowest BCUT2D eigenvalue weighted by Gasteiger charge is -2.35. The number of benzene rings is 1. The quantitative estimate of drug-likeness (QED) is 0.738. The van der Waals surface area contributed by atoms with Crippen molar-refractivity contribution in [3.05, 3.63) is 52.2 Å². The largest absolute Gasteiger partial charge is 0.334 e. The van der Waals surface area contributed by atoms with E-state index >= 15 is 0 Å². The van der Waals surface area contributed by atoms with E-state index in [9.17, 15) is 13.2 Å². The number of piperidine rings is 1. The van der Waals surface area contributed by atoms with Crippen LogP contribution in [0.5, 0.6) is 0 Å². The molecule has 0 bridgehead atoms. The minimum atomic E-state index is -3.61. The highest BCUT2D eigenvalue weighted by molar-refractivity contribution is 7.89. The number of halogens is 1. The zero-order chi connectivity index (χ0) is 18.6. The van der Waals surface area contributed by atoms with Gasteiger partial charge >= 0.3 is 0 Å². The first kappa shape index (κ1) is 21.8. The molecule has 2 heterocycles. The number of nitrogens with one attached hydrogen (secondary N) is 1. The van der Waals surface area contributed by atoms with E-state index in [-0.39, 0.29) is 35.8 Å². The van der Waals surface area contributed by atoms with E-state index in [0.29, 0.717) is 18.7 Å². The van der Waals surface area contributed by atoms with Gasteiger partial charge in [-0.3, -0.25) is 4.79 Å². The van der Waals surface area contributed by atoms with Gasteiger partial charge in [-0.15, -0.1) is 23.7 Å². The van der Waals surface area contributed by atoms with Gasteiger partial charge in [-0.05, 0) is 55.0 Å². The molecular weight excluding hydrogens is 406 g/mol. The van der Waals surface area contributed by atoms with Gasteiger partial charge in [0.1, 0.15) is 0 Å². The fraction of sp³-hybridized carbons (Fsp3) is 0.389. The maximum absolute atomic E-state index is 12.7. The summed E-state index contributed by atoms with van der Waals surface area (Å²) >= 11 is 1.50. The third-order valence-electron chi connectivity index (χ3n) is 4.59. The van der Waals surface area contributed by atoms with Crippen LogP contribution in [0, 0.1) is 0 Å². The Morgan fingerprint density at radius 3 is 2.59 bits per heavy atom. The lowest BCUT2D eigenvalue weighted by Crippen LogP contribution is -2.47. The summed E-state index contributed by atoms with van der Waals surface area (Å²) in [7, 11) is -3.61. The summed E-state index contributed by atoms with van der Waals surface area (Å²) in [6.07, 6.45) is 2.97. The number of carbonyl (C=O) groups is 1. The van der Waals surface area contributed by atoms with E-state index in [1.54, 1.807) is 12.1 Å². The molecule has 9 heteroatoms. The average Bonchev–Trinajstić information content (AvgIpc) is 3.20. The number of hydrogen-bond donors (Lipinski definition) is 2. The van der Waals surface area contributed by atoms with Crippen LogP contribution in [0.15, 0.2) is 46.7 Å². The maximum Gasteiger partial charge on any atom is 0.254 e. The van der Waals surface area contributed by atoms with Gasteiger partial charge in [0.25, 0.3) is 5.91 Å². The topological polar surface area (TPSA) is 92.5 Å². The molecule has 0 radical (unpaired) electrons. The zero-order valence-corrected chi connectivity index (χ0v) is 17.3. The molecule has 0 spiro atoms. The van der Waals surface area contributed by atoms with Gasteiger partial charge in [-0.25, -0.2) is 13.1 Å². The van der Waals surface area contributed by atoms with Crippen LogP contribution >= 0.6 is 23.7 Å². The Bertz CT molecular complexity index is 839. The van der Waals surface area contributed by atoms with Crippen LogP contribution in [-0.4, -0.2) is 38.4 Å². The number of sulfonamides is 1. The molecule has 1 fully saturated rings. The second-order valence-electron chi connectivity index (χ2n) is 6.31. The van der Waals surface area contributed by atoms with Crippen molar-refractivity contribution in [3.63, 3.8) is 0 Å². The van der Waals surface area contributed by atoms with Gasteiger partial charge < -0.3 is 10.6 Å². The highest BCUT2D eigenvalue weighted by atomic mass is 35.5. The van der Waals surface area contributed by atoms with Crippen molar-refractivity contribution in [3.8, 4) is 0 Å². The number of hydrogen-bond acceptors (Lipinski definition) is 5. The summed E-state index contributed by atoms with van der Waals surface area (Å²) in [6.45, 7) is 1.40. The monoisotopic (exact) mass is 429 g/mol. The third kappa shape index (κ3) is 5.30. The Kier molecular flexibility index (Phi) is 7.81. The molecule has 1 atom stereocenters. The van der Waals surface area contributed by atoms with E-state index in [0.717, 1.165) is 24.1 Å². The standard InChI is InChI=1S/C18H23N3O3S2.ClH/c19-12-15-4-1-2-10-21(15)18(22)14-6-8-17(9-7-14)26(23,24)20-13-16-5-3-11-25-16;/h3,5-9,11,15,20H,1-2,4,10,12-13,19H2;1H. The lowest BCUT2D eigenvalue weighted by molar-refractivity contribution is 0.0623. The highest BCUT2D eigenvalue weighted by Gasteiger charge is 2.26. The number of nitrogens with two attached hydrogens (primary N) is 1. The van der Waals surface area contributed by atoms with Crippen LogP contribution in [0.3, 0.4) is 0 Å². The first-order valence-electron chi connectivity index (χ1n) is 8.64. The van der Waals surface area contributed by atoms with Crippen LogP contribution in [-0.2, 0) is 16.6 Å². The first-order valence-corrected chi connectivity index (χ1v) is 11.0. The number of amides is 1. The second-order valence-corrected chi connectivity index (χ2v) is 9.11. The molecule has 0 saturated carbocycles. The number of thiophene rings is 1. The summed E-state index contributed by atoms with van der Waals surface area (Å²) in [6, 6.07) is 9.92. The Labute approximate surface area is 170 Å². The molecule has 3 N–H and O–H groups in total. The third-order valence-corrected chi connectivity index (χ3v) is 6.88. The summed E-state index contributed by atoms with van der Waals surface area (Å²) in [5.41, 5.74) is 6.27. The van der Waals surface area contributed by atoms with Gasteiger partial charge in [-0.1, -0.05) is 6.07 Å². The predicted octanol–water partition coefficient (Wildman–Crippen LogP) is 2.60. The molecule has 0 aliphatic carbocycles. The van der Waals surface area contributed by atoms with Crippen molar-refractivity contribution in [2.75, 3.05) is 13.1 Å². The molecule has 27 heavy (non-hydrogen) atoms. The Hall–Kier alpha value is -1.45. The van der Waals surface area contributed by atoms with Crippen LogP contribution in [0.1, 0.15) is 34.5 Å². The van der Waals surface area contributed by atoms with Crippen molar-refractivity contribution in [2.24, 2.45) is 5.73 Å². The van der Waals surface area contributed by atoms with Gasteiger partial charge in [0.15, 0.2) is 0 Å². The van der Waals surface area contributed by atoms with Crippen molar-refractivity contribution in [1.29, 1.82) is 0 Å². The molecule has 1 aliphatic rings. The van der Waals surface area contributed by atoms with Gasteiger partial charge in [-0.2, -0.15) is 0 Å². The van der Waals surface area contributed by atoms with E-state index in [2.05, 4.69) is 4.72 Å². The van der Waals surface area contributed by atoms with Crippen LogP contribution in [0.25, 0.3) is 0 Å². The molecular formula is C18H24ClN3O3S2. The summed E-state index contributed by atoms with van der Waals surface area (Å²) in [5.74, 6) is -0.0874. The van der Waals surface area contributed by atoms with E-state index in [1.165, 1.54) is 23.5 Å². The van der Waals surface area contributed by atoms with Crippen molar-refractivity contribution < 1.29 is 13.2 Å². The number of likely N-dealkylation sites (tertiary alicyclic amines) is 1. The number of rotatable bonds is 6. The minimum absolute atomic E-state index is 0. The fourth-order valence-corrected chi connectivity index (χ4v) is 4.86. The Morgan fingerprint density at radius 2 is 1.96 bits per heavy atom. The molecule has 1 unspecified atom stereocenters. The molecule has 6 nitrogen and oxygen atoms in total. The normalized spacial score (nSPS) is 17.4. The Morgan fingerprint density at radius 1 is 1.22 bits per heavy atom. The molecule has 3 rings (SSSR count). The molecule has 148 valence electrons. The first-order chi connectivity index (χ1) is 12.5. The highest BCUT2D eigenvalue weighted by Crippen LogP contribution is 2.20. The van der Waals surface area contributed by atoms with Gasteiger partial charge in [0.05, 0.1) is 4.90 Å². The lowest BCUT2D eigenvalue weighted by atomic mass is 10.0. The average molecular weight is 430 g/mol. The van der Waals surface area contributed by atoms with Crippen molar-refractivity contribution >= 4 is 39.7 Å². The number of carbonyl (C=O) groups excluding carboxylic acids is 1. The molecule has 2 aromatic rings. The zero-order valence-electron chi connectivity index (χ0n) is 14.8.